The summed E-state index contributed by atoms with van der Waals surface area (Å²) in [7, 11) is 0. The van der Waals surface area contributed by atoms with Crippen molar-refractivity contribution >= 4 is 29.8 Å². The number of rotatable bonds is 8. The average Bonchev–Trinajstić information content (AvgIpc) is 3.06. The van der Waals surface area contributed by atoms with Crippen molar-refractivity contribution in [3.8, 4) is 11.5 Å². The van der Waals surface area contributed by atoms with Crippen LogP contribution in [-0.4, -0.2) is 37.0 Å². The van der Waals surface area contributed by atoms with E-state index in [2.05, 4.69) is 17.0 Å². The number of nitrogens with zero attached hydrogens (tertiary/aromatic N) is 1. The molecule has 4 rings (SSSR count). The molecule has 2 aromatic carbocycles. The lowest BCUT2D eigenvalue weighted by Gasteiger charge is -2.33. The van der Waals surface area contributed by atoms with Gasteiger partial charge in [0.05, 0.1) is 13.2 Å². The number of ether oxygens (including phenoxy) is 2. The molecule has 32 heavy (non-hydrogen) atoms. The minimum Gasteiger partial charge on any atom is -0.490 e. The van der Waals surface area contributed by atoms with Crippen LogP contribution in [0.25, 0.3) is 0 Å². The van der Waals surface area contributed by atoms with E-state index < -0.39 is 0 Å². The summed E-state index contributed by atoms with van der Waals surface area (Å²) in [5, 5.41) is 0.784. The first-order valence-electron chi connectivity index (χ1n) is 11.5. The Kier molecular flexibility index (Phi) is 8.87. The molecule has 6 heteroatoms. The highest BCUT2D eigenvalue weighted by Crippen LogP contribution is 2.40. The Morgan fingerprint density at radius 1 is 1.00 bits per heavy atom. The molecule has 0 aromatic heterocycles. The summed E-state index contributed by atoms with van der Waals surface area (Å²) >= 11 is 5.99. The van der Waals surface area contributed by atoms with E-state index in [4.69, 9.17) is 21.1 Å². The summed E-state index contributed by atoms with van der Waals surface area (Å²) < 4.78 is 11.5. The van der Waals surface area contributed by atoms with Crippen LogP contribution in [0, 0.1) is 11.8 Å². The van der Waals surface area contributed by atoms with Crippen molar-refractivity contribution in [1.82, 2.24) is 4.90 Å². The highest BCUT2D eigenvalue weighted by Gasteiger charge is 2.34. The molecule has 0 spiro atoms. The van der Waals surface area contributed by atoms with Gasteiger partial charge >= 0.3 is 0 Å². The normalized spacial score (nSPS) is 18.8. The van der Waals surface area contributed by atoms with E-state index in [1.165, 1.54) is 5.56 Å². The predicted molar refractivity (Wildman–Crippen MR) is 132 cm³/mol. The number of fused-ring (bicyclic) bond motifs is 1. The van der Waals surface area contributed by atoms with Crippen LogP contribution < -0.4 is 9.47 Å². The van der Waals surface area contributed by atoms with Gasteiger partial charge in [-0.25, -0.2) is 0 Å². The molecule has 2 aromatic rings. The van der Waals surface area contributed by atoms with E-state index in [0.29, 0.717) is 24.9 Å². The lowest BCUT2D eigenvalue weighted by atomic mass is 9.85. The molecule has 1 heterocycles. The van der Waals surface area contributed by atoms with E-state index in [1.807, 2.05) is 38.1 Å². The molecule has 1 atom stereocenters. The number of hydrogen-bond acceptors (Lipinski definition) is 4. The van der Waals surface area contributed by atoms with E-state index >= 15 is 0 Å². The van der Waals surface area contributed by atoms with Gasteiger partial charge in [-0.3, -0.25) is 9.69 Å². The van der Waals surface area contributed by atoms with Crippen LogP contribution in [0.2, 0.25) is 5.02 Å². The van der Waals surface area contributed by atoms with Crippen LogP contribution in [0.5, 0.6) is 11.5 Å². The van der Waals surface area contributed by atoms with Gasteiger partial charge in [0, 0.05) is 23.0 Å². The van der Waals surface area contributed by atoms with E-state index in [0.717, 1.165) is 67.2 Å². The van der Waals surface area contributed by atoms with Crippen molar-refractivity contribution in [2.75, 3.05) is 26.3 Å². The maximum Gasteiger partial charge on any atom is 0.166 e. The fraction of sp³-hybridized carbons (Fsp3) is 0.500. The fourth-order valence-corrected chi connectivity index (χ4v) is 5.06. The molecule has 1 aliphatic carbocycles. The first kappa shape index (κ1) is 24.9. The van der Waals surface area contributed by atoms with Gasteiger partial charge in [0.2, 0.25) is 0 Å². The van der Waals surface area contributed by atoms with Gasteiger partial charge in [-0.15, -0.1) is 12.4 Å². The third-order valence-corrected chi connectivity index (χ3v) is 6.77. The molecule has 0 radical (unpaired) electrons. The topological polar surface area (TPSA) is 38.8 Å². The van der Waals surface area contributed by atoms with Crippen molar-refractivity contribution in [3.63, 3.8) is 0 Å². The third-order valence-electron chi connectivity index (χ3n) is 6.52. The first-order valence-corrected chi connectivity index (χ1v) is 11.9. The third kappa shape index (κ3) is 5.78. The number of carbonyl (C=O) groups excluding carboxylic acids is 1. The Bertz CT molecular complexity index is 908. The highest BCUT2D eigenvalue weighted by molar-refractivity contribution is 6.30. The van der Waals surface area contributed by atoms with Crippen LogP contribution in [0.4, 0.5) is 0 Å². The van der Waals surface area contributed by atoms with Crippen molar-refractivity contribution in [2.24, 2.45) is 11.8 Å². The van der Waals surface area contributed by atoms with Crippen LogP contribution in [0.1, 0.15) is 54.6 Å². The van der Waals surface area contributed by atoms with Gasteiger partial charge in [0.25, 0.3) is 0 Å². The Morgan fingerprint density at radius 3 is 2.25 bits per heavy atom. The maximum atomic E-state index is 13.1. The number of likely N-dealkylation sites (tertiary alicyclic amines) is 1. The SMILES string of the molecule is CCOc1cc2c(cc1OCC)C(=O)C(CC1CCN(Cc3ccc(Cl)cc3)CC1)C2.Cl. The molecular formula is C26H33Cl2NO3. The number of ketones is 1. The predicted octanol–water partition coefficient (Wildman–Crippen LogP) is 6.22. The molecule has 0 saturated carbocycles. The summed E-state index contributed by atoms with van der Waals surface area (Å²) in [4.78, 5) is 15.6. The summed E-state index contributed by atoms with van der Waals surface area (Å²) in [5.74, 6) is 2.43. The second-order valence-electron chi connectivity index (χ2n) is 8.67. The molecule has 4 nitrogen and oxygen atoms in total. The number of benzene rings is 2. The molecule has 0 bridgehead atoms. The fourth-order valence-electron chi connectivity index (χ4n) is 4.94. The van der Waals surface area contributed by atoms with Crippen molar-refractivity contribution in [3.05, 3.63) is 58.1 Å². The van der Waals surface area contributed by atoms with Crippen LogP contribution in [0.15, 0.2) is 36.4 Å². The zero-order chi connectivity index (χ0) is 21.8. The molecule has 0 amide bonds. The Morgan fingerprint density at radius 2 is 1.62 bits per heavy atom. The van der Waals surface area contributed by atoms with Gasteiger partial charge in [-0.2, -0.15) is 0 Å². The number of halogens is 2. The second-order valence-corrected chi connectivity index (χ2v) is 9.11. The van der Waals surface area contributed by atoms with Gasteiger partial charge in [-0.05, 0) is 93.9 Å². The van der Waals surface area contributed by atoms with E-state index in [9.17, 15) is 4.79 Å². The summed E-state index contributed by atoms with van der Waals surface area (Å²) in [6.45, 7) is 8.21. The summed E-state index contributed by atoms with van der Waals surface area (Å²) in [6, 6.07) is 12.1. The molecule has 1 unspecified atom stereocenters. The molecular weight excluding hydrogens is 445 g/mol. The Labute approximate surface area is 202 Å². The number of hydrogen-bond donors (Lipinski definition) is 0. The first-order chi connectivity index (χ1) is 15.1. The van der Waals surface area contributed by atoms with Crippen LogP contribution in [-0.2, 0) is 13.0 Å². The standard InChI is InChI=1S/C26H32ClNO3.ClH/c1-3-30-24-15-20-14-21(26(29)23(20)16-25(24)31-4-2)13-18-9-11-28(12-10-18)17-19-5-7-22(27)8-6-19;/h5-8,15-16,18,21H,3-4,9-14,17H2,1-2H3;1H. The largest absolute Gasteiger partial charge is 0.490 e. The lowest BCUT2D eigenvalue weighted by Crippen LogP contribution is -2.34. The number of Topliss-reactive ketones (excluding diaryl/α,β-unsaturated/α-hetero) is 1. The summed E-state index contributed by atoms with van der Waals surface area (Å²) in [6.07, 6.45) is 4.12. The van der Waals surface area contributed by atoms with Crippen molar-refractivity contribution < 1.29 is 14.3 Å². The van der Waals surface area contributed by atoms with Crippen LogP contribution >= 0.6 is 24.0 Å². The minimum absolute atomic E-state index is 0. The van der Waals surface area contributed by atoms with E-state index in [1.54, 1.807) is 0 Å². The second kappa shape index (κ2) is 11.4. The summed E-state index contributed by atoms with van der Waals surface area (Å²) in [5.41, 5.74) is 3.25. The number of carbonyl (C=O) groups is 1. The lowest BCUT2D eigenvalue weighted by molar-refractivity contribution is 0.0895. The van der Waals surface area contributed by atoms with E-state index in [-0.39, 0.29) is 24.1 Å². The van der Waals surface area contributed by atoms with Gasteiger partial charge in [0.15, 0.2) is 17.3 Å². The quantitative estimate of drug-likeness (QED) is 0.452. The molecule has 174 valence electrons. The monoisotopic (exact) mass is 477 g/mol. The van der Waals surface area contributed by atoms with Gasteiger partial charge in [0.1, 0.15) is 0 Å². The smallest absolute Gasteiger partial charge is 0.166 e. The molecule has 1 aliphatic heterocycles. The Balaban J connectivity index is 0.00000289. The Hall–Kier alpha value is -1.75. The molecule has 1 fully saturated rings. The average molecular weight is 478 g/mol. The zero-order valence-electron chi connectivity index (χ0n) is 18.9. The molecule has 0 N–H and O–H groups in total. The van der Waals surface area contributed by atoms with Gasteiger partial charge in [-0.1, -0.05) is 23.7 Å². The van der Waals surface area contributed by atoms with Crippen LogP contribution in [0.3, 0.4) is 0 Å². The zero-order valence-corrected chi connectivity index (χ0v) is 20.5. The minimum atomic E-state index is 0. The molecule has 1 saturated heterocycles. The highest BCUT2D eigenvalue weighted by atomic mass is 35.5. The van der Waals surface area contributed by atoms with Crippen molar-refractivity contribution in [1.29, 1.82) is 0 Å². The molecule has 2 aliphatic rings. The maximum absolute atomic E-state index is 13.1. The van der Waals surface area contributed by atoms with Gasteiger partial charge < -0.3 is 9.47 Å². The number of piperidine rings is 1. The van der Waals surface area contributed by atoms with Crippen molar-refractivity contribution in [2.45, 2.75) is 46.1 Å².